The van der Waals surface area contributed by atoms with Crippen molar-refractivity contribution in [2.75, 3.05) is 7.11 Å². The summed E-state index contributed by atoms with van der Waals surface area (Å²) in [6, 6.07) is 3.41. The van der Waals surface area contributed by atoms with Crippen molar-refractivity contribution in [3.63, 3.8) is 0 Å². The molecule has 0 aliphatic carbocycles. The van der Waals surface area contributed by atoms with Crippen LogP contribution in [0, 0.1) is 6.92 Å². The zero-order chi connectivity index (χ0) is 15.5. The Labute approximate surface area is 122 Å². The van der Waals surface area contributed by atoms with Gasteiger partial charge in [0.1, 0.15) is 10.6 Å². The number of hydrogen-bond donors (Lipinski definition) is 1. The molecule has 0 bridgehead atoms. The summed E-state index contributed by atoms with van der Waals surface area (Å²) in [7, 11) is -2.07. The van der Waals surface area contributed by atoms with Crippen LogP contribution >= 0.6 is 0 Å². The van der Waals surface area contributed by atoms with Crippen LogP contribution in [0.25, 0.3) is 0 Å². The smallest absolute Gasteiger partial charge is 0.244 e. The van der Waals surface area contributed by atoms with E-state index in [0.29, 0.717) is 5.75 Å². The topological polar surface area (TPSA) is 55.4 Å². The molecular weight excluding hydrogens is 274 g/mol. The molecular formula is C15H25NO3S. The van der Waals surface area contributed by atoms with Gasteiger partial charge in [0.05, 0.1) is 7.11 Å². The SMILES string of the molecule is CCC(C)NS(=O)(=O)c1cc(C(C)C)c(C)cc1OC. The third kappa shape index (κ3) is 3.73. The summed E-state index contributed by atoms with van der Waals surface area (Å²) in [4.78, 5) is 0.217. The zero-order valence-electron chi connectivity index (χ0n) is 13.1. The number of sulfonamides is 1. The summed E-state index contributed by atoms with van der Waals surface area (Å²) < 4.78 is 32.9. The number of rotatable bonds is 6. The van der Waals surface area contributed by atoms with Gasteiger partial charge >= 0.3 is 0 Å². The Hall–Kier alpha value is -1.07. The van der Waals surface area contributed by atoms with Gasteiger partial charge in [0.15, 0.2) is 0 Å². The van der Waals surface area contributed by atoms with Gasteiger partial charge in [-0.3, -0.25) is 0 Å². The van der Waals surface area contributed by atoms with E-state index in [0.717, 1.165) is 17.5 Å². The molecule has 1 N–H and O–H groups in total. The molecule has 0 saturated heterocycles. The Morgan fingerprint density at radius 3 is 2.30 bits per heavy atom. The highest BCUT2D eigenvalue weighted by atomic mass is 32.2. The van der Waals surface area contributed by atoms with Crippen molar-refractivity contribution in [3.05, 3.63) is 23.3 Å². The normalized spacial score (nSPS) is 13.6. The second-order valence-corrected chi connectivity index (χ2v) is 7.13. The van der Waals surface area contributed by atoms with Crippen molar-refractivity contribution in [2.45, 2.75) is 57.9 Å². The molecule has 1 aromatic carbocycles. The molecule has 1 unspecified atom stereocenters. The van der Waals surface area contributed by atoms with E-state index in [2.05, 4.69) is 4.72 Å². The molecule has 0 spiro atoms. The minimum Gasteiger partial charge on any atom is -0.495 e. The zero-order valence-corrected chi connectivity index (χ0v) is 14.0. The lowest BCUT2D eigenvalue weighted by atomic mass is 9.98. The summed E-state index contributed by atoms with van der Waals surface area (Å²) in [5.74, 6) is 0.654. The Bertz CT molecular complexity index is 565. The highest BCUT2D eigenvalue weighted by molar-refractivity contribution is 7.89. The number of nitrogens with one attached hydrogen (secondary N) is 1. The van der Waals surface area contributed by atoms with Crippen LogP contribution in [0.3, 0.4) is 0 Å². The van der Waals surface area contributed by atoms with Crippen LogP contribution in [0.15, 0.2) is 17.0 Å². The van der Waals surface area contributed by atoms with Crippen molar-refractivity contribution < 1.29 is 13.2 Å². The molecule has 0 fully saturated rings. The number of methoxy groups -OCH3 is 1. The second-order valence-electron chi connectivity index (χ2n) is 5.44. The van der Waals surface area contributed by atoms with E-state index in [1.165, 1.54) is 7.11 Å². The van der Waals surface area contributed by atoms with Gasteiger partial charge in [0.25, 0.3) is 0 Å². The molecule has 0 amide bonds. The molecule has 0 saturated carbocycles. The van der Waals surface area contributed by atoms with Crippen molar-refractivity contribution in [1.82, 2.24) is 4.72 Å². The standard InChI is InChI=1S/C15H25NO3S/c1-7-12(5)16-20(17,18)15-9-13(10(2)3)11(4)8-14(15)19-6/h8-10,12,16H,7H2,1-6H3. The lowest BCUT2D eigenvalue weighted by Crippen LogP contribution is -2.32. The lowest BCUT2D eigenvalue weighted by molar-refractivity contribution is 0.401. The molecule has 114 valence electrons. The Balaban J connectivity index is 3.38. The van der Waals surface area contributed by atoms with Gasteiger partial charge < -0.3 is 4.74 Å². The first-order chi connectivity index (χ1) is 9.22. The van der Waals surface area contributed by atoms with Gasteiger partial charge in [-0.25, -0.2) is 13.1 Å². The number of aryl methyl sites for hydroxylation is 1. The summed E-state index contributed by atoms with van der Waals surface area (Å²) >= 11 is 0. The predicted molar refractivity (Wildman–Crippen MR) is 81.9 cm³/mol. The van der Waals surface area contributed by atoms with Gasteiger partial charge in [-0.1, -0.05) is 20.8 Å². The van der Waals surface area contributed by atoms with Crippen molar-refractivity contribution in [1.29, 1.82) is 0 Å². The van der Waals surface area contributed by atoms with Gasteiger partial charge in [-0.05, 0) is 49.4 Å². The summed E-state index contributed by atoms with van der Waals surface area (Å²) in [5, 5.41) is 0. The molecule has 1 aromatic rings. The Kier molecular flexibility index (Phi) is 5.59. The first-order valence-electron chi connectivity index (χ1n) is 6.93. The van der Waals surface area contributed by atoms with E-state index >= 15 is 0 Å². The van der Waals surface area contributed by atoms with Crippen LogP contribution in [-0.4, -0.2) is 21.6 Å². The molecule has 4 nitrogen and oxygen atoms in total. The summed E-state index contributed by atoms with van der Waals surface area (Å²) in [5.41, 5.74) is 2.06. The predicted octanol–water partition coefficient (Wildman–Crippen LogP) is 3.20. The average Bonchev–Trinajstić information content (AvgIpc) is 2.36. The monoisotopic (exact) mass is 299 g/mol. The maximum absolute atomic E-state index is 12.5. The highest BCUT2D eigenvalue weighted by Gasteiger charge is 2.23. The highest BCUT2D eigenvalue weighted by Crippen LogP contribution is 2.31. The molecule has 1 atom stereocenters. The van der Waals surface area contributed by atoms with Gasteiger partial charge in [0, 0.05) is 6.04 Å². The maximum atomic E-state index is 12.5. The third-order valence-corrected chi connectivity index (χ3v) is 5.04. The van der Waals surface area contributed by atoms with Crippen molar-refractivity contribution in [2.24, 2.45) is 0 Å². The van der Waals surface area contributed by atoms with Crippen LogP contribution in [0.4, 0.5) is 0 Å². The van der Waals surface area contributed by atoms with E-state index in [1.807, 2.05) is 34.6 Å². The quantitative estimate of drug-likeness (QED) is 0.877. The molecule has 0 aliphatic heterocycles. The number of hydrogen-bond acceptors (Lipinski definition) is 3. The Morgan fingerprint density at radius 2 is 1.85 bits per heavy atom. The largest absolute Gasteiger partial charge is 0.495 e. The molecule has 0 aromatic heterocycles. The van der Waals surface area contributed by atoms with Gasteiger partial charge in [0.2, 0.25) is 10.0 Å². The molecule has 0 aliphatic rings. The first kappa shape index (κ1) is 17.0. The molecule has 0 radical (unpaired) electrons. The minimum atomic E-state index is -3.56. The van der Waals surface area contributed by atoms with Crippen molar-refractivity contribution in [3.8, 4) is 5.75 Å². The maximum Gasteiger partial charge on any atom is 0.244 e. The van der Waals surface area contributed by atoms with Crippen molar-refractivity contribution >= 4 is 10.0 Å². The van der Waals surface area contributed by atoms with E-state index < -0.39 is 10.0 Å². The third-order valence-electron chi connectivity index (χ3n) is 3.43. The number of benzene rings is 1. The summed E-state index contributed by atoms with van der Waals surface area (Å²) in [6.45, 7) is 9.86. The molecule has 0 heterocycles. The van der Waals surface area contributed by atoms with Crippen LogP contribution in [0.2, 0.25) is 0 Å². The van der Waals surface area contributed by atoms with Gasteiger partial charge in [-0.15, -0.1) is 0 Å². The second kappa shape index (κ2) is 6.59. The average molecular weight is 299 g/mol. The summed E-state index contributed by atoms with van der Waals surface area (Å²) in [6.07, 6.45) is 0.741. The van der Waals surface area contributed by atoms with Crippen LogP contribution in [-0.2, 0) is 10.0 Å². The fraction of sp³-hybridized carbons (Fsp3) is 0.600. The molecule has 1 rings (SSSR count). The fourth-order valence-corrected chi connectivity index (χ4v) is 3.59. The Morgan fingerprint density at radius 1 is 1.25 bits per heavy atom. The molecule has 20 heavy (non-hydrogen) atoms. The van der Waals surface area contributed by atoms with Crippen LogP contribution < -0.4 is 9.46 Å². The minimum absolute atomic E-state index is 0.103. The van der Waals surface area contributed by atoms with Gasteiger partial charge in [-0.2, -0.15) is 0 Å². The number of ether oxygens (including phenoxy) is 1. The fourth-order valence-electron chi connectivity index (χ4n) is 2.08. The molecule has 5 heteroatoms. The van der Waals surface area contributed by atoms with E-state index in [1.54, 1.807) is 12.1 Å². The van der Waals surface area contributed by atoms with Crippen LogP contribution in [0.1, 0.15) is 51.2 Å². The first-order valence-corrected chi connectivity index (χ1v) is 8.42. The van der Waals surface area contributed by atoms with E-state index in [4.69, 9.17) is 4.74 Å². The van der Waals surface area contributed by atoms with E-state index in [9.17, 15) is 8.42 Å². The lowest BCUT2D eigenvalue weighted by Gasteiger charge is -2.18. The van der Waals surface area contributed by atoms with E-state index in [-0.39, 0.29) is 16.9 Å². The van der Waals surface area contributed by atoms with Crippen LogP contribution in [0.5, 0.6) is 5.75 Å².